The maximum Gasteiger partial charge on any atom is 0.258 e. The van der Waals surface area contributed by atoms with Gasteiger partial charge in [-0.15, -0.1) is 10.2 Å². The summed E-state index contributed by atoms with van der Waals surface area (Å²) in [5.74, 6) is 0.425. The average molecular weight is 443 g/mol. The number of hydrogen-bond acceptors (Lipinski definition) is 5. The van der Waals surface area contributed by atoms with Crippen molar-refractivity contribution in [2.45, 2.75) is 0 Å². The molecule has 4 rings (SSSR count). The molecule has 166 valence electrons. The Labute approximate surface area is 191 Å². The third-order valence-corrected chi connectivity index (χ3v) is 4.78. The Morgan fingerprint density at radius 2 is 1.55 bits per heavy atom. The van der Waals surface area contributed by atoms with Gasteiger partial charge in [-0.1, -0.05) is 48.5 Å². The van der Waals surface area contributed by atoms with E-state index >= 15 is 0 Å². The van der Waals surface area contributed by atoms with E-state index in [-0.39, 0.29) is 24.9 Å². The average Bonchev–Trinajstić information content (AvgIpc) is 2.87. The summed E-state index contributed by atoms with van der Waals surface area (Å²) in [5.41, 5.74) is 3.32. The second-order valence-corrected chi connectivity index (χ2v) is 7.11. The number of aromatic nitrogens is 2. The lowest BCUT2D eigenvalue weighted by Gasteiger charge is -2.12. The predicted octanol–water partition coefficient (Wildman–Crippen LogP) is 4.52. The molecule has 1 N–H and O–H groups in total. The minimum absolute atomic E-state index is 0.101. The van der Waals surface area contributed by atoms with Crippen LogP contribution in [0.1, 0.15) is 0 Å². The second-order valence-electron chi connectivity index (χ2n) is 7.11. The van der Waals surface area contributed by atoms with Gasteiger partial charge in [0.05, 0.1) is 12.2 Å². The number of ether oxygens (including phenoxy) is 2. The van der Waals surface area contributed by atoms with Crippen LogP contribution in [0.2, 0.25) is 0 Å². The first-order valence-corrected chi connectivity index (χ1v) is 10.5. The minimum atomic E-state index is -0.306. The molecule has 0 unspecified atom stereocenters. The topological polar surface area (TPSA) is 73.3 Å². The van der Waals surface area contributed by atoms with Gasteiger partial charge in [-0.2, -0.15) is 0 Å². The summed E-state index contributed by atoms with van der Waals surface area (Å²) in [4.78, 5) is 12.2. The molecule has 0 fully saturated rings. The summed E-state index contributed by atoms with van der Waals surface area (Å²) >= 11 is 0. The van der Waals surface area contributed by atoms with E-state index in [0.29, 0.717) is 23.9 Å². The largest absolute Gasteiger partial charge is 0.483 e. The van der Waals surface area contributed by atoms with Gasteiger partial charge in [0, 0.05) is 17.2 Å². The minimum Gasteiger partial charge on any atom is -0.483 e. The maximum atomic E-state index is 13.0. The Hall–Kier alpha value is -4.26. The monoisotopic (exact) mass is 443 g/mol. The van der Waals surface area contributed by atoms with Gasteiger partial charge in [-0.3, -0.25) is 4.79 Å². The van der Waals surface area contributed by atoms with Crippen LogP contribution in [0.5, 0.6) is 11.6 Å². The van der Waals surface area contributed by atoms with Crippen LogP contribution in [-0.4, -0.2) is 35.9 Å². The standard InChI is InChI=1S/C26H22FN3O3/c27-21-12-10-20(11-13-21)23-14-15-26(30-29-23)32-17-16-28-25(31)18-33-24-9-5-4-8-22(24)19-6-2-1-3-7-19/h1-15H,16-18H2,(H,28,31). The highest BCUT2D eigenvalue weighted by molar-refractivity contribution is 5.78. The summed E-state index contributed by atoms with van der Waals surface area (Å²) in [6.45, 7) is 0.427. The van der Waals surface area contributed by atoms with E-state index in [1.807, 2.05) is 54.6 Å². The summed E-state index contributed by atoms with van der Waals surface area (Å²) < 4.78 is 24.3. The number of nitrogens with zero attached hydrogens (tertiary/aromatic N) is 2. The van der Waals surface area contributed by atoms with Crippen molar-refractivity contribution < 1.29 is 18.7 Å². The van der Waals surface area contributed by atoms with Gasteiger partial charge < -0.3 is 14.8 Å². The van der Waals surface area contributed by atoms with Crippen LogP contribution in [0.4, 0.5) is 4.39 Å². The number of halogens is 1. The number of amides is 1. The molecule has 0 radical (unpaired) electrons. The Kier molecular flexibility index (Phi) is 7.22. The van der Waals surface area contributed by atoms with Gasteiger partial charge in [-0.25, -0.2) is 4.39 Å². The number of rotatable bonds is 9. The fourth-order valence-corrected chi connectivity index (χ4v) is 3.16. The number of carbonyl (C=O) groups excluding carboxylic acids is 1. The first kappa shape index (κ1) is 22.0. The highest BCUT2D eigenvalue weighted by Gasteiger charge is 2.08. The molecule has 1 amide bonds. The molecule has 3 aromatic carbocycles. The van der Waals surface area contributed by atoms with E-state index in [4.69, 9.17) is 9.47 Å². The summed E-state index contributed by atoms with van der Waals surface area (Å²) in [6.07, 6.45) is 0. The SMILES string of the molecule is O=C(COc1ccccc1-c1ccccc1)NCCOc1ccc(-c2ccc(F)cc2)nn1. The molecule has 0 aliphatic carbocycles. The van der Waals surface area contributed by atoms with Crippen molar-refractivity contribution in [1.29, 1.82) is 0 Å². The van der Waals surface area contributed by atoms with E-state index < -0.39 is 0 Å². The molecule has 1 heterocycles. The fraction of sp³-hybridized carbons (Fsp3) is 0.115. The lowest BCUT2D eigenvalue weighted by molar-refractivity contribution is -0.123. The number of benzene rings is 3. The zero-order chi connectivity index (χ0) is 22.9. The number of hydrogen-bond donors (Lipinski definition) is 1. The normalized spacial score (nSPS) is 10.5. The van der Waals surface area contributed by atoms with Crippen molar-refractivity contribution in [3.63, 3.8) is 0 Å². The molecule has 0 saturated heterocycles. The van der Waals surface area contributed by atoms with E-state index in [9.17, 15) is 9.18 Å². The molecule has 0 saturated carbocycles. The first-order valence-electron chi connectivity index (χ1n) is 10.5. The van der Waals surface area contributed by atoms with Gasteiger partial charge in [0.1, 0.15) is 18.2 Å². The number of nitrogens with one attached hydrogen (secondary N) is 1. The van der Waals surface area contributed by atoms with Crippen LogP contribution in [0.3, 0.4) is 0 Å². The highest BCUT2D eigenvalue weighted by atomic mass is 19.1. The van der Waals surface area contributed by atoms with E-state index in [1.165, 1.54) is 12.1 Å². The van der Waals surface area contributed by atoms with Crippen LogP contribution in [0.25, 0.3) is 22.4 Å². The number of carbonyl (C=O) groups is 1. The van der Waals surface area contributed by atoms with Crippen molar-refractivity contribution in [3.8, 4) is 34.0 Å². The molecule has 4 aromatic rings. The summed E-state index contributed by atoms with van der Waals surface area (Å²) in [6, 6.07) is 26.9. The molecule has 0 spiro atoms. The van der Waals surface area contributed by atoms with Crippen LogP contribution in [0, 0.1) is 5.82 Å². The predicted molar refractivity (Wildman–Crippen MR) is 123 cm³/mol. The van der Waals surface area contributed by atoms with E-state index in [0.717, 1.165) is 16.7 Å². The van der Waals surface area contributed by atoms with Crippen molar-refractivity contribution in [2.75, 3.05) is 19.8 Å². The molecular formula is C26H22FN3O3. The molecule has 7 heteroatoms. The van der Waals surface area contributed by atoms with Crippen LogP contribution >= 0.6 is 0 Å². The van der Waals surface area contributed by atoms with Crippen molar-refractivity contribution >= 4 is 5.91 Å². The van der Waals surface area contributed by atoms with Crippen molar-refractivity contribution in [1.82, 2.24) is 15.5 Å². The summed E-state index contributed by atoms with van der Waals surface area (Å²) in [5, 5.41) is 10.8. The molecule has 0 atom stereocenters. The third kappa shape index (κ3) is 6.13. The molecule has 1 aromatic heterocycles. The maximum absolute atomic E-state index is 13.0. The molecule has 0 aliphatic rings. The zero-order valence-electron chi connectivity index (χ0n) is 17.8. The van der Waals surface area contributed by atoms with Crippen LogP contribution in [0.15, 0.2) is 91.0 Å². The Morgan fingerprint density at radius 3 is 2.30 bits per heavy atom. The summed E-state index contributed by atoms with van der Waals surface area (Å²) in [7, 11) is 0. The fourth-order valence-electron chi connectivity index (χ4n) is 3.16. The van der Waals surface area contributed by atoms with Gasteiger partial charge in [-0.05, 0) is 42.0 Å². The molecule has 0 bridgehead atoms. The molecule has 6 nitrogen and oxygen atoms in total. The molecule has 0 aliphatic heterocycles. The van der Waals surface area contributed by atoms with Gasteiger partial charge >= 0.3 is 0 Å². The second kappa shape index (κ2) is 10.9. The number of para-hydroxylation sites is 1. The smallest absolute Gasteiger partial charge is 0.258 e. The Balaban J connectivity index is 1.21. The molecular weight excluding hydrogens is 421 g/mol. The van der Waals surface area contributed by atoms with Gasteiger partial charge in [0.25, 0.3) is 5.91 Å². The highest BCUT2D eigenvalue weighted by Crippen LogP contribution is 2.29. The lowest BCUT2D eigenvalue weighted by atomic mass is 10.1. The van der Waals surface area contributed by atoms with Crippen molar-refractivity contribution in [3.05, 3.63) is 96.8 Å². The first-order chi connectivity index (χ1) is 16.2. The quantitative estimate of drug-likeness (QED) is 0.385. The van der Waals surface area contributed by atoms with Gasteiger partial charge in [0.2, 0.25) is 5.88 Å². The third-order valence-electron chi connectivity index (χ3n) is 4.78. The lowest BCUT2D eigenvalue weighted by Crippen LogP contribution is -2.32. The Bertz CT molecular complexity index is 1180. The van der Waals surface area contributed by atoms with Crippen molar-refractivity contribution in [2.24, 2.45) is 0 Å². The van der Waals surface area contributed by atoms with E-state index in [1.54, 1.807) is 24.3 Å². The van der Waals surface area contributed by atoms with Crippen LogP contribution in [-0.2, 0) is 4.79 Å². The van der Waals surface area contributed by atoms with Gasteiger partial charge in [0.15, 0.2) is 6.61 Å². The zero-order valence-corrected chi connectivity index (χ0v) is 17.8. The van der Waals surface area contributed by atoms with Crippen LogP contribution < -0.4 is 14.8 Å². The molecule has 33 heavy (non-hydrogen) atoms. The Morgan fingerprint density at radius 1 is 0.788 bits per heavy atom. The van der Waals surface area contributed by atoms with E-state index in [2.05, 4.69) is 15.5 Å².